The molecule has 1 aliphatic rings. The highest BCUT2D eigenvalue weighted by Gasteiger charge is 2.36. The normalized spacial score (nSPS) is 19.8. The summed E-state index contributed by atoms with van der Waals surface area (Å²) in [6.45, 7) is 11.7. The lowest BCUT2D eigenvalue weighted by atomic mass is 9.97. The van der Waals surface area contributed by atoms with E-state index in [9.17, 15) is 4.79 Å². The van der Waals surface area contributed by atoms with E-state index in [1.165, 1.54) is 0 Å². The molecule has 1 fully saturated rings. The van der Waals surface area contributed by atoms with Gasteiger partial charge in [-0.3, -0.25) is 10.1 Å². The zero-order valence-electron chi connectivity index (χ0n) is 14.3. The molecule has 0 bridgehead atoms. The number of carbonyl (C=O) groups excluding carboxylic acids is 1. The standard InChI is InChI=1S/C16H32N2O3/c1-6-21-15(19)16(4,17-13(2)3)12-18(5)11-14-7-9-20-10-8-14/h13-14,17H,6-12H2,1-5H3. The summed E-state index contributed by atoms with van der Waals surface area (Å²) in [4.78, 5) is 14.5. The van der Waals surface area contributed by atoms with Crippen molar-refractivity contribution in [1.29, 1.82) is 0 Å². The van der Waals surface area contributed by atoms with E-state index in [0.29, 0.717) is 19.1 Å². The molecule has 0 aromatic heterocycles. The lowest BCUT2D eigenvalue weighted by Crippen LogP contribution is -2.59. The van der Waals surface area contributed by atoms with Gasteiger partial charge in [-0.1, -0.05) is 0 Å². The molecule has 1 unspecified atom stereocenters. The molecule has 1 rings (SSSR count). The summed E-state index contributed by atoms with van der Waals surface area (Å²) < 4.78 is 10.7. The molecule has 1 N–H and O–H groups in total. The minimum atomic E-state index is -0.663. The van der Waals surface area contributed by atoms with Crippen LogP contribution in [0.3, 0.4) is 0 Å². The first-order valence-corrected chi connectivity index (χ1v) is 8.08. The Labute approximate surface area is 129 Å². The van der Waals surface area contributed by atoms with Gasteiger partial charge in [0.05, 0.1) is 6.61 Å². The van der Waals surface area contributed by atoms with Crippen LogP contribution in [0.25, 0.3) is 0 Å². The van der Waals surface area contributed by atoms with Crippen molar-refractivity contribution in [2.24, 2.45) is 5.92 Å². The molecule has 0 aliphatic carbocycles. The van der Waals surface area contributed by atoms with Crippen LogP contribution in [0.1, 0.15) is 40.5 Å². The average molecular weight is 300 g/mol. The summed E-state index contributed by atoms with van der Waals surface area (Å²) in [5, 5.41) is 3.37. The summed E-state index contributed by atoms with van der Waals surface area (Å²) in [5.41, 5.74) is -0.663. The first-order valence-electron chi connectivity index (χ1n) is 8.08. The number of nitrogens with one attached hydrogen (secondary N) is 1. The summed E-state index contributed by atoms with van der Waals surface area (Å²) in [7, 11) is 2.08. The van der Waals surface area contributed by atoms with E-state index >= 15 is 0 Å². The van der Waals surface area contributed by atoms with Crippen molar-refractivity contribution in [3.63, 3.8) is 0 Å². The van der Waals surface area contributed by atoms with E-state index in [2.05, 4.69) is 31.1 Å². The molecule has 1 saturated heterocycles. The Morgan fingerprint density at radius 2 is 2.05 bits per heavy atom. The van der Waals surface area contributed by atoms with E-state index in [0.717, 1.165) is 32.6 Å². The first kappa shape index (κ1) is 18.4. The summed E-state index contributed by atoms with van der Waals surface area (Å²) in [6.07, 6.45) is 2.22. The Balaban J connectivity index is 2.59. The van der Waals surface area contributed by atoms with Crippen LogP contribution in [0.4, 0.5) is 0 Å². The second-order valence-corrected chi connectivity index (χ2v) is 6.60. The third kappa shape index (κ3) is 6.32. The van der Waals surface area contributed by atoms with E-state index in [4.69, 9.17) is 9.47 Å². The van der Waals surface area contributed by atoms with Gasteiger partial charge in [-0.25, -0.2) is 0 Å². The Morgan fingerprint density at radius 3 is 2.57 bits per heavy atom. The predicted molar refractivity (Wildman–Crippen MR) is 84.3 cm³/mol. The second kappa shape index (κ2) is 8.71. The topological polar surface area (TPSA) is 50.8 Å². The molecule has 0 amide bonds. The molecule has 5 nitrogen and oxygen atoms in total. The van der Waals surface area contributed by atoms with Gasteiger partial charge in [0.1, 0.15) is 5.54 Å². The van der Waals surface area contributed by atoms with Gasteiger partial charge >= 0.3 is 5.97 Å². The fourth-order valence-electron chi connectivity index (χ4n) is 3.07. The van der Waals surface area contributed by atoms with E-state index in [1.54, 1.807) is 0 Å². The fourth-order valence-corrected chi connectivity index (χ4v) is 3.07. The van der Waals surface area contributed by atoms with E-state index in [-0.39, 0.29) is 12.0 Å². The van der Waals surface area contributed by atoms with Crippen molar-refractivity contribution in [3.8, 4) is 0 Å². The van der Waals surface area contributed by atoms with E-state index < -0.39 is 5.54 Å². The highest BCUT2D eigenvalue weighted by Crippen LogP contribution is 2.17. The van der Waals surface area contributed by atoms with Crippen LogP contribution in [0, 0.1) is 5.92 Å². The molecule has 1 aliphatic heterocycles. The molecule has 0 aromatic rings. The van der Waals surface area contributed by atoms with Crippen molar-refractivity contribution < 1.29 is 14.3 Å². The maximum absolute atomic E-state index is 12.3. The quantitative estimate of drug-likeness (QED) is 0.691. The SMILES string of the molecule is CCOC(=O)C(C)(CN(C)CC1CCOCC1)NC(C)C. The van der Waals surface area contributed by atoms with Gasteiger partial charge in [0.25, 0.3) is 0 Å². The Kier molecular flexibility index (Phi) is 7.63. The monoisotopic (exact) mass is 300 g/mol. The average Bonchev–Trinajstić information content (AvgIpc) is 2.38. The van der Waals surface area contributed by atoms with Crippen molar-refractivity contribution >= 4 is 5.97 Å². The number of ether oxygens (including phenoxy) is 2. The van der Waals surface area contributed by atoms with Gasteiger partial charge in [-0.05, 0) is 53.5 Å². The molecule has 1 atom stereocenters. The van der Waals surface area contributed by atoms with E-state index in [1.807, 2.05) is 13.8 Å². The van der Waals surface area contributed by atoms with Gasteiger partial charge in [0, 0.05) is 32.3 Å². The van der Waals surface area contributed by atoms with Crippen molar-refractivity contribution in [2.45, 2.75) is 52.1 Å². The highest BCUT2D eigenvalue weighted by molar-refractivity contribution is 5.80. The summed E-state index contributed by atoms with van der Waals surface area (Å²) in [6, 6.07) is 0.232. The molecule has 124 valence electrons. The van der Waals surface area contributed by atoms with Gasteiger partial charge in [-0.15, -0.1) is 0 Å². The Morgan fingerprint density at radius 1 is 1.43 bits per heavy atom. The third-order valence-electron chi connectivity index (χ3n) is 3.83. The zero-order chi connectivity index (χ0) is 15.9. The molecule has 0 radical (unpaired) electrons. The number of nitrogens with zero attached hydrogens (tertiary/aromatic N) is 1. The van der Waals surface area contributed by atoms with Crippen molar-refractivity contribution in [3.05, 3.63) is 0 Å². The minimum absolute atomic E-state index is 0.169. The molecule has 0 spiro atoms. The molecule has 0 saturated carbocycles. The smallest absolute Gasteiger partial charge is 0.327 e. The van der Waals surface area contributed by atoms with Crippen LogP contribution in [-0.4, -0.2) is 62.4 Å². The van der Waals surface area contributed by atoms with Gasteiger partial charge in [0.2, 0.25) is 0 Å². The molecule has 0 aromatic carbocycles. The van der Waals surface area contributed by atoms with Crippen LogP contribution in [0.2, 0.25) is 0 Å². The van der Waals surface area contributed by atoms with Crippen molar-refractivity contribution in [1.82, 2.24) is 10.2 Å². The second-order valence-electron chi connectivity index (χ2n) is 6.60. The molecular formula is C16H32N2O3. The van der Waals surface area contributed by atoms with Crippen LogP contribution in [0.5, 0.6) is 0 Å². The van der Waals surface area contributed by atoms with Gasteiger partial charge in [0.15, 0.2) is 0 Å². The Hall–Kier alpha value is -0.650. The molecule has 5 heteroatoms. The van der Waals surface area contributed by atoms with Gasteiger partial charge in [-0.2, -0.15) is 0 Å². The van der Waals surface area contributed by atoms with Gasteiger partial charge < -0.3 is 14.4 Å². The third-order valence-corrected chi connectivity index (χ3v) is 3.83. The lowest BCUT2D eigenvalue weighted by molar-refractivity contribution is -0.151. The van der Waals surface area contributed by atoms with Crippen LogP contribution in [0.15, 0.2) is 0 Å². The molecule has 1 heterocycles. The molecular weight excluding hydrogens is 268 g/mol. The van der Waals surface area contributed by atoms with Crippen LogP contribution < -0.4 is 5.32 Å². The number of esters is 1. The predicted octanol–water partition coefficient (Wildman–Crippen LogP) is 1.66. The maximum Gasteiger partial charge on any atom is 0.327 e. The Bertz CT molecular complexity index is 317. The lowest BCUT2D eigenvalue weighted by Gasteiger charge is -2.36. The summed E-state index contributed by atoms with van der Waals surface area (Å²) >= 11 is 0. The number of likely N-dealkylation sites (N-methyl/N-ethyl adjacent to an activating group) is 1. The largest absolute Gasteiger partial charge is 0.465 e. The zero-order valence-corrected chi connectivity index (χ0v) is 14.3. The number of hydrogen-bond acceptors (Lipinski definition) is 5. The summed E-state index contributed by atoms with van der Waals surface area (Å²) in [5.74, 6) is 0.492. The molecule has 21 heavy (non-hydrogen) atoms. The number of carbonyl (C=O) groups is 1. The first-order chi connectivity index (χ1) is 9.87. The van der Waals surface area contributed by atoms with Crippen LogP contribution >= 0.6 is 0 Å². The maximum atomic E-state index is 12.3. The minimum Gasteiger partial charge on any atom is -0.465 e. The van der Waals surface area contributed by atoms with Crippen molar-refractivity contribution in [2.75, 3.05) is 40.0 Å². The highest BCUT2D eigenvalue weighted by atomic mass is 16.5. The van der Waals surface area contributed by atoms with Crippen LogP contribution in [-0.2, 0) is 14.3 Å². The number of hydrogen-bond donors (Lipinski definition) is 1. The number of rotatable bonds is 8. The fraction of sp³-hybridized carbons (Fsp3) is 0.938.